The average Bonchev–Trinajstić information content (AvgIpc) is 2.68. The summed E-state index contributed by atoms with van der Waals surface area (Å²) in [5.41, 5.74) is 6.05. The number of pyridine rings is 2. The summed E-state index contributed by atoms with van der Waals surface area (Å²) in [4.78, 5) is 23.2. The maximum absolute atomic E-state index is 11.6. The van der Waals surface area contributed by atoms with Gasteiger partial charge in [-0.2, -0.15) is 0 Å². The Labute approximate surface area is 180 Å². The van der Waals surface area contributed by atoms with Crippen LogP contribution in [-0.2, 0) is 17.6 Å². The smallest absolute Gasteiger partial charge is 0.307 e. The second-order valence-corrected chi connectivity index (χ2v) is 9.78. The molecule has 5 nitrogen and oxygen atoms in total. The molecule has 0 bridgehead atoms. The first kappa shape index (κ1) is 22.3. The Bertz CT molecular complexity index is 878. The van der Waals surface area contributed by atoms with E-state index in [2.05, 4.69) is 54.7 Å². The molecule has 0 amide bonds. The van der Waals surface area contributed by atoms with Crippen LogP contribution < -0.4 is 4.90 Å². The van der Waals surface area contributed by atoms with Gasteiger partial charge < -0.3 is 10.0 Å². The van der Waals surface area contributed by atoms with Crippen molar-refractivity contribution in [3.8, 4) is 11.1 Å². The van der Waals surface area contributed by atoms with Crippen molar-refractivity contribution in [2.45, 2.75) is 66.7 Å². The molecule has 3 heterocycles. The number of hydrogen-bond donors (Lipinski definition) is 1. The molecular formula is C25H35N3O2. The fourth-order valence-corrected chi connectivity index (χ4v) is 4.07. The Kier molecular flexibility index (Phi) is 6.79. The highest BCUT2D eigenvalue weighted by Gasteiger charge is 2.29. The van der Waals surface area contributed by atoms with Gasteiger partial charge in [0.1, 0.15) is 0 Å². The van der Waals surface area contributed by atoms with Gasteiger partial charge in [0.2, 0.25) is 0 Å². The monoisotopic (exact) mass is 409 g/mol. The fourth-order valence-electron chi connectivity index (χ4n) is 4.07. The third-order valence-corrected chi connectivity index (χ3v) is 6.24. The van der Waals surface area contributed by atoms with Crippen LogP contribution in [-0.4, -0.2) is 34.1 Å². The molecule has 1 aliphatic rings. The molecule has 0 radical (unpaired) electrons. The molecule has 0 saturated carbocycles. The molecule has 1 aliphatic heterocycles. The third-order valence-electron chi connectivity index (χ3n) is 6.24. The number of aliphatic carboxylic acids is 1. The van der Waals surface area contributed by atoms with E-state index in [1.54, 1.807) is 0 Å². The van der Waals surface area contributed by atoms with Crippen molar-refractivity contribution >= 4 is 11.7 Å². The van der Waals surface area contributed by atoms with Crippen LogP contribution in [0.15, 0.2) is 24.5 Å². The van der Waals surface area contributed by atoms with E-state index in [1.165, 1.54) is 0 Å². The summed E-state index contributed by atoms with van der Waals surface area (Å²) >= 11 is 0. The number of carboxylic acids is 1. The van der Waals surface area contributed by atoms with Crippen LogP contribution in [0.3, 0.4) is 0 Å². The molecule has 0 spiro atoms. The molecule has 30 heavy (non-hydrogen) atoms. The highest BCUT2D eigenvalue weighted by atomic mass is 16.4. The first-order valence-corrected chi connectivity index (χ1v) is 11.1. The van der Waals surface area contributed by atoms with Gasteiger partial charge in [0.25, 0.3) is 0 Å². The summed E-state index contributed by atoms with van der Waals surface area (Å²) in [6.45, 7) is 12.8. The number of nitrogens with zero attached hydrogens (tertiary/aromatic N) is 3. The summed E-state index contributed by atoms with van der Waals surface area (Å²) in [6, 6.07) is 4.20. The van der Waals surface area contributed by atoms with Gasteiger partial charge in [-0.1, -0.05) is 33.8 Å². The number of anilines is 1. The van der Waals surface area contributed by atoms with E-state index in [1.807, 2.05) is 19.3 Å². The quantitative estimate of drug-likeness (QED) is 0.673. The molecule has 0 unspecified atom stereocenters. The molecule has 2 aromatic heterocycles. The summed E-state index contributed by atoms with van der Waals surface area (Å²) < 4.78 is 0. The molecule has 1 N–H and O–H groups in total. The van der Waals surface area contributed by atoms with Crippen LogP contribution in [0.25, 0.3) is 11.1 Å². The van der Waals surface area contributed by atoms with E-state index in [-0.39, 0.29) is 6.42 Å². The summed E-state index contributed by atoms with van der Waals surface area (Å²) in [7, 11) is 0. The molecule has 0 aromatic carbocycles. The number of carboxylic acid groups (broad SMARTS) is 1. The lowest BCUT2D eigenvalue weighted by atomic mass is 9.82. The standard InChI is InChI=1S/C25H35N3O2/c1-17(2)6-8-20-9-7-19(15-27-20)22-16-26-18(3)21(14-23(29)30)24(22)28-12-10-25(4,5)11-13-28/h7,9,15-17H,6,8,10-14H2,1-5H3,(H,29,30). The van der Waals surface area contributed by atoms with Gasteiger partial charge in [0.05, 0.1) is 12.1 Å². The van der Waals surface area contributed by atoms with Crippen LogP contribution in [0, 0.1) is 18.3 Å². The lowest BCUT2D eigenvalue weighted by Crippen LogP contribution is -2.38. The van der Waals surface area contributed by atoms with Crippen molar-refractivity contribution in [3.63, 3.8) is 0 Å². The summed E-state index contributed by atoms with van der Waals surface area (Å²) in [5, 5.41) is 9.54. The molecule has 162 valence electrons. The second kappa shape index (κ2) is 9.15. The highest BCUT2D eigenvalue weighted by molar-refractivity contribution is 5.84. The van der Waals surface area contributed by atoms with Crippen molar-refractivity contribution < 1.29 is 9.90 Å². The van der Waals surface area contributed by atoms with Crippen LogP contribution in [0.5, 0.6) is 0 Å². The Morgan fingerprint density at radius 3 is 2.43 bits per heavy atom. The molecule has 5 heteroatoms. The molecule has 3 rings (SSSR count). The molecule has 0 atom stereocenters. The number of carbonyl (C=O) groups is 1. The molecule has 1 saturated heterocycles. The minimum Gasteiger partial charge on any atom is -0.481 e. The van der Waals surface area contributed by atoms with Crippen LogP contribution in [0.4, 0.5) is 5.69 Å². The predicted molar refractivity (Wildman–Crippen MR) is 122 cm³/mol. The van der Waals surface area contributed by atoms with Gasteiger partial charge in [0.15, 0.2) is 0 Å². The topological polar surface area (TPSA) is 66.3 Å². The second-order valence-electron chi connectivity index (χ2n) is 9.78. The van der Waals surface area contributed by atoms with E-state index in [4.69, 9.17) is 0 Å². The molecule has 2 aromatic rings. The molecule has 1 fully saturated rings. The largest absolute Gasteiger partial charge is 0.481 e. The maximum atomic E-state index is 11.6. The SMILES string of the molecule is Cc1ncc(-c2ccc(CCC(C)C)nc2)c(N2CCC(C)(C)CC2)c1CC(=O)O. The highest BCUT2D eigenvalue weighted by Crippen LogP contribution is 2.39. The fraction of sp³-hybridized carbons (Fsp3) is 0.560. The van der Waals surface area contributed by atoms with Crippen molar-refractivity contribution in [3.05, 3.63) is 41.5 Å². The van der Waals surface area contributed by atoms with Gasteiger partial charge >= 0.3 is 5.97 Å². The minimum atomic E-state index is -0.821. The summed E-state index contributed by atoms with van der Waals surface area (Å²) in [5.74, 6) is -0.167. The van der Waals surface area contributed by atoms with Gasteiger partial charge in [-0.3, -0.25) is 14.8 Å². The van der Waals surface area contributed by atoms with E-state index >= 15 is 0 Å². The van der Waals surface area contributed by atoms with E-state index in [0.717, 1.165) is 72.5 Å². The average molecular weight is 410 g/mol. The zero-order valence-corrected chi connectivity index (χ0v) is 19.0. The lowest BCUT2D eigenvalue weighted by molar-refractivity contribution is -0.136. The zero-order chi connectivity index (χ0) is 21.9. The van der Waals surface area contributed by atoms with Crippen molar-refractivity contribution in [1.82, 2.24) is 9.97 Å². The van der Waals surface area contributed by atoms with E-state index in [9.17, 15) is 9.90 Å². The Morgan fingerprint density at radius 2 is 1.87 bits per heavy atom. The molecule has 0 aliphatic carbocycles. The maximum Gasteiger partial charge on any atom is 0.307 e. The van der Waals surface area contributed by atoms with Gasteiger partial charge in [-0.15, -0.1) is 0 Å². The Balaban J connectivity index is 2.00. The van der Waals surface area contributed by atoms with Crippen molar-refractivity contribution in [2.75, 3.05) is 18.0 Å². The lowest BCUT2D eigenvalue weighted by Gasteiger charge is -2.40. The number of aromatic nitrogens is 2. The van der Waals surface area contributed by atoms with E-state index < -0.39 is 5.97 Å². The number of hydrogen-bond acceptors (Lipinski definition) is 4. The van der Waals surface area contributed by atoms with Gasteiger partial charge in [-0.05, 0) is 50.0 Å². The normalized spacial score (nSPS) is 16.1. The minimum absolute atomic E-state index is 0.0121. The third kappa shape index (κ3) is 5.38. The van der Waals surface area contributed by atoms with Crippen LogP contribution in [0.1, 0.15) is 63.9 Å². The Morgan fingerprint density at radius 1 is 1.17 bits per heavy atom. The van der Waals surface area contributed by atoms with Gasteiger partial charge in [0, 0.05) is 53.6 Å². The van der Waals surface area contributed by atoms with Crippen molar-refractivity contribution in [2.24, 2.45) is 11.3 Å². The van der Waals surface area contributed by atoms with Gasteiger partial charge in [-0.25, -0.2) is 0 Å². The van der Waals surface area contributed by atoms with Crippen molar-refractivity contribution in [1.29, 1.82) is 0 Å². The summed E-state index contributed by atoms with van der Waals surface area (Å²) in [6.07, 6.45) is 8.07. The predicted octanol–water partition coefficient (Wildman–Crippen LogP) is 5.29. The molecular weight excluding hydrogens is 374 g/mol. The first-order valence-electron chi connectivity index (χ1n) is 11.1. The zero-order valence-electron chi connectivity index (χ0n) is 19.0. The number of piperidine rings is 1. The number of aryl methyl sites for hydroxylation is 2. The first-order chi connectivity index (χ1) is 14.2. The Hall–Kier alpha value is -2.43. The van der Waals surface area contributed by atoms with Crippen LogP contribution in [0.2, 0.25) is 0 Å². The van der Waals surface area contributed by atoms with E-state index in [0.29, 0.717) is 11.3 Å². The van der Waals surface area contributed by atoms with Crippen LogP contribution >= 0.6 is 0 Å². The number of rotatable bonds is 7.